The standard InChI is InChI=1S/C18H22N4O4/c1-12(2)17-20-19-16(26-17)10-21-5-7-22(8-6-21)18(23)13-3-4-14-15(9-13)25-11-24-14/h3-4,9,12H,5-8,10-11H2,1-2H3. The van der Waals surface area contributed by atoms with Gasteiger partial charge in [0.1, 0.15) is 0 Å². The molecule has 3 heterocycles. The van der Waals surface area contributed by atoms with E-state index in [1.165, 1.54) is 0 Å². The molecule has 0 N–H and O–H groups in total. The number of amides is 1. The second-order valence-electron chi connectivity index (χ2n) is 6.83. The molecule has 1 saturated heterocycles. The number of aromatic nitrogens is 2. The van der Waals surface area contributed by atoms with Crippen molar-refractivity contribution in [2.24, 2.45) is 0 Å². The van der Waals surface area contributed by atoms with E-state index < -0.39 is 0 Å². The van der Waals surface area contributed by atoms with E-state index >= 15 is 0 Å². The first-order chi connectivity index (χ1) is 12.6. The van der Waals surface area contributed by atoms with Crippen LogP contribution in [-0.2, 0) is 6.54 Å². The maximum Gasteiger partial charge on any atom is 0.254 e. The normalized spacial score (nSPS) is 17.1. The molecule has 1 fully saturated rings. The summed E-state index contributed by atoms with van der Waals surface area (Å²) in [6, 6.07) is 5.32. The van der Waals surface area contributed by atoms with Crippen LogP contribution in [0.15, 0.2) is 22.6 Å². The summed E-state index contributed by atoms with van der Waals surface area (Å²) in [4.78, 5) is 16.8. The van der Waals surface area contributed by atoms with Crippen LogP contribution in [0.4, 0.5) is 0 Å². The molecule has 4 rings (SSSR count). The molecule has 0 unspecified atom stereocenters. The fourth-order valence-electron chi connectivity index (χ4n) is 3.08. The number of hydrogen-bond donors (Lipinski definition) is 0. The molecule has 138 valence electrons. The van der Waals surface area contributed by atoms with Crippen molar-refractivity contribution in [2.45, 2.75) is 26.3 Å². The van der Waals surface area contributed by atoms with Crippen molar-refractivity contribution in [3.63, 3.8) is 0 Å². The first kappa shape index (κ1) is 16.8. The molecule has 2 aliphatic rings. The van der Waals surface area contributed by atoms with E-state index in [1.807, 2.05) is 18.7 Å². The summed E-state index contributed by atoms with van der Waals surface area (Å²) < 4.78 is 16.3. The Balaban J connectivity index is 1.33. The van der Waals surface area contributed by atoms with Gasteiger partial charge in [-0.15, -0.1) is 10.2 Å². The number of piperazine rings is 1. The van der Waals surface area contributed by atoms with E-state index in [-0.39, 0.29) is 18.6 Å². The summed E-state index contributed by atoms with van der Waals surface area (Å²) in [7, 11) is 0. The number of ether oxygens (including phenoxy) is 2. The number of nitrogens with zero attached hydrogens (tertiary/aromatic N) is 4. The van der Waals surface area contributed by atoms with Gasteiger partial charge in [0.2, 0.25) is 18.6 Å². The van der Waals surface area contributed by atoms with Crippen molar-refractivity contribution in [1.82, 2.24) is 20.0 Å². The minimum atomic E-state index is 0.0165. The maximum atomic E-state index is 12.7. The van der Waals surface area contributed by atoms with Gasteiger partial charge in [-0.2, -0.15) is 0 Å². The summed E-state index contributed by atoms with van der Waals surface area (Å²) >= 11 is 0. The third kappa shape index (κ3) is 3.37. The zero-order valence-corrected chi connectivity index (χ0v) is 15.0. The van der Waals surface area contributed by atoms with Crippen LogP contribution in [0, 0.1) is 0 Å². The van der Waals surface area contributed by atoms with Crippen LogP contribution in [0.25, 0.3) is 0 Å². The second kappa shape index (κ2) is 6.95. The van der Waals surface area contributed by atoms with E-state index in [9.17, 15) is 4.79 Å². The first-order valence-electron chi connectivity index (χ1n) is 8.83. The lowest BCUT2D eigenvalue weighted by atomic mass is 10.1. The smallest absolute Gasteiger partial charge is 0.254 e. The Labute approximate surface area is 151 Å². The van der Waals surface area contributed by atoms with Crippen molar-refractivity contribution in [2.75, 3.05) is 33.0 Å². The zero-order chi connectivity index (χ0) is 18.1. The lowest BCUT2D eigenvalue weighted by Crippen LogP contribution is -2.48. The number of fused-ring (bicyclic) bond motifs is 1. The van der Waals surface area contributed by atoms with Gasteiger partial charge in [0.15, 0.2) is 11.5 Å². The molecule has 0 radical (unpaired) electrons. The monoisotopic (exact) mass is 358 g/mol. The molecule has 0 spiro atoms. The molecule has 0 atom stereocenters. The van der Waals surface area contributed by atoms with Crippen LogP contribution < -0.4 is 9.47 Å². The van der Waals surface area contributed by atoms with Crippen LogP contribution in [0.5, 0.6) is 11.5 Å². The minimum absolute atomic E-state index is 0.0165. The Morgan fingerprint density at radius 1 is 1.12 bits per heavy atom. The van der Waals surface area contributed by atoms with Crippen molar-refractivity contribution >= 4 is 5.91 Å². The predicted molar refractivity (Wildman–Crippen MR) is 92.1 cm³/mol. The van der Waals surface area contributed by atoms with Crippen LogP contribution in [0.1, 0.15) is 41.9 Å². The van der Waals surface area contributed by atoms with Gasteiger partial charge >= 0.3 is 0 Å². The Hall–Kier alpha value is -2.61. The lowest BCUT2D eigenvalue weighted by Gasteiger charge is -2.34. The van der Waals surface area contributed by atoms with Gasteiger partial charge in [0, 0.05) is 37.7 Å². The molecular weight excluding hydrogens is 336 g/mol. The van der Waals surface area contributed by atoms with Crippen molar-refractivity contribution in [3.05, 3.63) is 35.5 Å². The topological polar surface area (TPSA) is 80.9 Å². The first-order valence-corrected chi connectivity index (χ1v) is 8.83. The van der Waals surface area contributed by atoms with E-state index in [2.05, 4.69) is 15.1 Å². The Morgan fingerprint density at radius 3 is 2.62 bits per heavy atom. The van der Waals surface area contributed by atoms with Gasteiger partial charge in [-0.05, 0) is 18.2 Å². The van der Waals surface area contributed by atoms with Gasteiger partial charge in [0.05, 0.1) is 6.54 Å². The third-order valence-corrected chi connectivity index (χ3v) is 4.61. The quantitative estimate of drug-likeness (QED) is 0.825. The molecule has 1 amide bonds. The van der Waals surface area contributed by atoms with Crippen molar-refractivity contribution in [1.29, 1.82) is 0 Å². The zero-order valence-electron chi connectivity index (χ0n) is 15.0. The van der Waals surface area contributed by atoms with Crippen molar-refractivity contribution in [3.8, 4) is 11.5 Å². The lowest BCUT2D eigenvalue weighted by molar-refractivity contribution is 0.0617. The van der Waals surface area contributed by atoms with Crippen LogP contribution in [0.3, 0.4) is 0 Å². The fourth-order valence-corrected chi connectivity index (χ4v) is 3.08. The van der Waals surface area contributed by atoms with Crippen LogP contribution in [0.2, 0.25) is 0 Å². The Bertz CT molecular complexity index is 796. The number of rotatable bonds is 4. The molecule has 2 aromatic rings. The molecule has 0 aliphatic carbocycles. The van der Waals surface area contributed by atoms with Gasteiger partial charge in [-0.3, -0.25) is 9.69 Å². The summed E-state index contributed by atoms with van der Waals surface area (Å²) in [5.74, 6) is 2.86. The summed E-state index contributed by atoms with van der Waals surface area (Å²) in [6.45, 7) is 7.75. The van der Waals surface area contributed by atoms with Crippen LogP contribution in [-0.4, -0.2) is 58.9 Å². The molecule has 0 bridgehead atoms. The van der Waals surface area contributed by atoms with E-state index in [0.29, 0.717) is 48.5 Å². The number of hydrogen-bond acceptors (Lipinski definition) is 7. The summed E-state index contributed by atoms with van der Waals surface area (Å²) in [5, 5.41) is 8.16. The van der Waals surface area contributed by atoms with Gasteiger partial charge in [0.25, 0.3) is 5.91 Å². The van der Waals surface area contributed by atoms with Gasteiger partial charge in [-0.1, -0.05) is 13.8 Å². The van der Waals surface area contributed by atoms with Crippen LogP contribution >= 0.6 is 0 Å². The SMILES string of the molecule is CC(C)c1nnc(CN2CCN(C(=O)c3ccc4c(c3)OCO4)CC2)o1. The average molecular weight is 358 g/mol. The number of carbonyl (C=O) groups excluding carboxylic acids is 1. The highest BCUT2D eigenvalue weighted by molar-refractivity contribution is 5.95. The molecule has 2 aliphatic heterocycles. The highest BCUT2D eigenvalue weighted by atomic mass is 16.7. The molecule has 1 aromatic heterocycles. The Morgan fingerprint density at radius 2 is 1.88 bits per heavy atom. The third-order valence-electron chi connectivity index (χ3n) is 4.61. The minimum Gasteiger partial charge on any atom is -0.454 e. The molecule has 8 nitrogen and oxygen atoms in total. The van der Waals surface area contributed by atoms with E-state index in [1.54, 1.807) is 18.2 Å². The van der Waals surface area contributed by atoms with Gasteiger partial charge < -0.3 is 18.8 Å². The summed E-state index contributed by atoms with van der Waals surface area (Å²) in [6.07, 6.45) is 0. The summed E-state index contributed by atoms with van der Waals surface area (Å²) in [5.41, 5.74) is 0.626. The predicted octanol–water partition coefficient (Wildman–Crippen LogP) is 1.88. The Kier molecular flexibility index (Phi) is 4.50. The van der Waals surface area contributed by atoms with Crippen molar-refractivity contribution < 1.29 is 18.7 Å². The van der Waals surface area contributed by atoms with E-state index in [0.717, 1.165) is 13.1 Å². The van der Waals surface area contributed by atoms with E-state index in [4.69, 9.17) is 13.9 Å². The molecule has 1 aromatic carbocycles. The number of carbonyl (C=O) groups is 1. The highest BCUT2D eigenvalue weighted by Crippen LogP contribution is 2.32. The molecule has 0 saturated carbocycles. The largest absolute Gasteiger partial charge is 0.454 e. The number of benzene rings is 1. The second-order valence-corrected chi connectivity index (χ2v) is 6.83. The highest BCUT2D eigenvalue weighted by Gasteiger charge is 2.25. The maximum absolute atomic E-state index is 12.7. The fraction of sp³-hybridized carbons (Fsp3) is 0.500. The van der Waals surface area contributed by atoms with Gasteiger partial charge in [-0.25, -0.2) is 0 Å². The average Bonchev–Trinajstić information content (AvgIpc) is 3.30. The molecule has 8 heteroatoms. The molecule has 26 heavy (non-hydrogen) atoms. The molecular formula is C18H22N4O4.